The number of carbonyl (C=O) groups is 2. The number of rotatable bonds is 9. The van der Waals surface area contributed by atoms with Gasteiger partial charge in [-0.05, 0) is 37.5 Å². The Morgan fingerprint density at radius 2 is 2.00 bits per heavy atom. The Kier molecular flexibility index (Phi) is 8.54. The number of sulfonamides is 1. The molecule has 1 N–H and O–H groups in total. The zero-order valence-corrected chi connectivity index (χ0v) is 18.4. The molecule has 0 radical (unpaired) electrons. The SMILES string of the molecule is C=CCNS(=O)(=O)c1cc(C(=O)N2CCC(C(=O)N(C)CCCC)CC2)ccc1F. The Bertz CT molecular complexity index is 880. The van der Waals surface area contributed by atoms with Gasteiger partial charge in [0.05, 0.1) is 0 Å². The molecule has 1 fully saturated rings. The third-order valence-corrected chi connectivity index (χ3v) is 6.68. The molecule has 1 aliphatic heterocycles. The number of unbranched alkanes of at least 4 members (excludes halogenated alkanes) is 1. The summed E-state index contributed by atoms with van der Waals surface area (Å²) in [6.45, 7) is 6.96. The summed E-state index contributed by atoms with van der Waals surface area (Å²) in [5, 5.41) is 0. The zero-order chi connectivity index (χ0) is 22.3. The highest BCUT2D eigenvalue weighted by Crippen LogP contribution is 2.23. The molecular weight excluding hydrogens is 409 g/mol. The molecule has 0 atom stereocenters. The van der Waals surface area contributed by atoms with Crippen molar-refractivity contribution in [3.63, 3.8) is 0 Å². The molecule has 0 bridgehead atoms. The van der Waals surface area contributed by atoms with Crippen molar-refractivity contribution in [2.75, 3.05) is 33.2 Å². The second-order valence-electron chi connectivity index (χ2n) is 7.47. The first-order chi connectivity index (χ1) is 14.2. The molecule has 0 aliphatic carbocycles. The number of hydrogen-bond donors (Lipinski definition) is 1. The lowest BCUT2D eigenvalue weighted by Crippen LogP contribution is -2.43. The smallest absolute Gasteiger partial charge is 0.253 e. The molecule has 1 saturated heterocycles. The number of nitrogens with zero attached hydrogens (tertiary/aromatic N) is 2. The number of nitrogens with one attached hydrogen (secondary N) is 1. The minimum absolute atomic E-state index is 0.0474. The molecule has 0 saturated carbocycles. The number of piperidine rings is 1. The molecule has 1 aromatic rings. The van der Waals surface area contributed by atoms with Crippen LogP contribution < -0.4 is 4.72 Å². The normalized spacial score (nSPS) is 15.1. The average Bonchev–Trinajstić information content (AvgIpc) is 2.75. The fraction of sp³-hybridized carbons (Fsp3) is 0.524. The molecule has 2 rings (SSSR count). The number of hydrogen-bond acceptors (Lipinski definition) is 4. The Hall–Kier alpha value is -2.26. The van der Waals surface area contributed by atoms with Gasteiger partial charge in [-0.2, -0.15) is 0 Å². The summed E-state index contributed by atoms with van der Waals surface area (Å²) in [5.41, 5.74) is 0.0974. The molecular formula is C21H30FN3O4S. The van der Waals surface area contributed by atoms with Crippen molar-refractivity contribution in [3.05, 3.63) is 42.2 Å². The van der Waals surface area contributed by atoms with Gasteiger partial charge in [0.15, 0.2) is 0 Å². The maximum absolute atomic E-state index is 14.1. The van der Waals surface area contributed by atoms with Crippen molar-refractivity contribution >= 4 is 21.8 Å². The Morgan fingerprint density at radius 3 is 2.60 bits per heavy atom. The van der Waals surface area contributed by atoms with Crippen LogP contribution in [0.5, 0.6) is 0 Å². The van der Waals surface area contributed by atoms with E-state index < -0.39 is 20.7 Å². The van der Waals surface area contributed by atoms with Gasteiger partial charge >= 0.3 is 0 Å². The molecule has 0 spiro atoms. The third-order valence-electron chi connectivity index (χ3n) is 5.24. The largest absolute Gasteiger partial charge is 0.346 e. The standard InChI is InChI=1S/C21H30FN3O4S/c1-4-6-12-24(3)20(26)16-9-13-25(14-10-16)21(27)17-7-8-18(22)19(15-17)30(28,29)23-11-5-2/h5,7-8,15-16,23H,2,4,6,9-14H2,1,3H3. The van der Waals surface area contributed by atoms with Gasteiger partial charge in [-0.1, -0.05) is 19.4 Å². The van der Waals surface area contributed by atoms with Gasteiger partial charge in [-0.25, -0.2) is 17.5 Å². The predicted molar refractivity (Wildman–Crippen MR) is 113 cm³/mol. The van der Waals surface area contributed by atoms with Crippen LogP contribution in [0.4, 0.5) is 4.39 Å². The van der Waals surface area contributed by atoms with Crippen LogP contribution in [0.15, 0.2) is 35.7 Å². The summed E-state index contributed by atoms with van der Waals surface area (Å²) in [6.07, 6.45) is 4.41. The van der Waals surface area contributed by atoms with Crippen molar-refractivity contribution in [2.45, 2.75) is 37.5 Å². The maximum Gasteiger partial charge on any atom is 0.253 e. The van der Waals surface area contributed by atoms with Crippen LogP contribution in [0.3, 0.4) is 0 Å². The molecule has 0 unspecified atom stereocenters. The summed E-state index contributed by atoms with van der Waals surface area (Å²) >= 11 is 0. The zero-order valence-electron chi connectivity index (χ0n) is 17.6. The fourth-order valence-corrected chi connectivity index (χ4v) is 4.52. The Morgan fingerprint density at radius 1 is 1.33 bits per heavy atom. The first-order valence-electron chi connectivity index (χ1n) is 10.2. The van der Waals surface area contributed by atoms with Gasteiger partial charge in [-0.15, -0.1) is 6.58 Å². The van der Waals surface area contributed by atoms with E-state index in [1.165, 1.54) is 12.1 Å². The van der Waals surface area contributed by atoms with E-state index in [1.807, 2.05) is 0 Å². The van der Waals surface area contributed by atoms with Crippen molar-refractivity contribution < 1.29 is 22.4 Å². The summed E-state index contributed by atoms with van der Waals surface area (Å²) in [4.78, 5) is 28.1. The van der Waals surface area contributed by atoms with E-state index in [2.05, 4.69) is 18.2 Å². The number of likely N-dealkylation sites (tertiary alicyclic amines) is 1. The minimum atomic E-state index is -4.09. The highest BCUT2D eigenvalue weighted by molar-refractivity contribution is 7.89. The number of carbonyl (C=O) groups excluding carboxylic acids is 2. The molecule has 2 amide bonds. The number of halogens is 1. The van der Waals surface area contributed by atoms with E-state index in [4.69, 9.17) is 0 Å². The van der Waals surface area contributed by atoms with Crippen LogP contribution in [0.2, 0.25) is 0 Å². The van der Waals surface area contributed by atoms with E-state index in [9.17, 15) is 22.4 Å². The average molecular weight is 440 g/mol. The van der Waals surface area contributed by atoms with Crippen LogP contribution in [0.1, 0.15) is 43.0 Å². The third kappa shape index (κ3) is 5.89. The van der Waals surface area contributed by atoms with Gasteiger partial charge in [-0.3, -0.25) is 9.59 Å². The van der Waals surface area contributed by atoms with Crippen LogP contribution in [0.25, 0.3) is 0 Å². The van der Waals surface area contributed by atoms with Crippen molar-refractivity contribution in [2.24, 2.45) is 5.92 Å². The number of amides is 2. The van der Waals surface area contributed by atoms with E-state index in [0.717, 1.165) is 31.5 Å². The van der Waals surface area contributed by atoms with Crippen LogP contribution in [-0.4, -0.2) is 63.3 Å². The molecule has 1 aromatic carbocycles. The van der Waals surface area contributed by atoms with Gasteiger partial charge in [0.2, 0.25) is 15.9 Å². The molecule has 1 aliphatic rings. The lowest BCUT2D eigenvalue weighted by atomic mass is 9.94. The second-order valence-corrected chi connectivity index (χ2v) is 9.20. The van der Waals surface area contributed by atoms with Crippen molar-refractivity contribution in [3.8, 4) is 0 Å². The van der Waals surface area contributed by atoms with E-state index in [1.54, 1.807) is 16.8 Å². The monoisotopic (exact) mass is 439 g/mol. The van der Waals surface area contributed by atoms with Crippen LogP contribution in [-0.2, 0) is 14.8 Å². The summed E-state index contributed by atoms with van der Waals surface area (Å²) < 4.78 is 40.8. The first-order valence-corrected chi connectivity index (χ1v) is 11.6. The van der Waals surface area contributed by atoms with E-state index in [-0.39, 0.29) is 29.8 Å². The van der Waals surface area contributed by atoms with Crippen molar-refractivity contribution in [1.29, 1.82) is 0 Å². The molecule has 9 heteroatoms. The second kappa shape index (κ2) is 10.7. The predicted octanol–water partition coefficient (Wildman–Crippen LogP) is 2.40. The topological polar surface area (TPSA) is 86.8 Å². The highest BCUT2D eigenvalue weighted by Gasteiger charge is 2.30. The lowest BCUT2D eigenvalue weighted by Gasteiger charge is -2.33. The van der Waals surface area contributed by atoms with Gasteiger partial charge in [0.25, 0.3) is 5.91 Å². The fourth-order valence-electron chi connectivity index (χ4n) is 3.42. The maximum atomic E-state index is 14.1. The molecule has 166 valence electrons. The summed E-state index contributed by atoms with van der Waals surface area (Å²) in [6, 6.07) is 3.31. The van der Waals surface area contributed by atoms with Gasteiger partial charge < -0.3 is 9.80 Å². The molecule has 7 nitrogen and oxygen atoms in total. The summed E-state index contributed by atoms with van der Waals surface area (Å²) in [5.74, 6) is -1.33. The lowest BCUT2D eigenvalue weighted by molar-refractivity contribution is -0.135. The van der Waals surface area contributed by atoms with Crippen LogP contribution >= 0.6 is 0 Å². The molecule has 0 aromatic heterocycles. The molecule has 1 heterocycles. The Labute approximate surface area is 178 Å². The van der Waals surface area contributed by atoms with Gasteiger partial charge in [0.1, 0.15) is 10.7 Å². The van der Waals surface area contributed by atoms with E-state index >= 15 is 0 Å². The van der Waals surface area contributed by atoms with Crippen LogP contribution in [0, 0.1) is 11.7 Å². The Balaban J connectivity index is 2.06. The highest BCUT2D eigenvalue weighted by atomic mass is 32.2. The number of benzene rings is 1. The van der Waals surface area contributed by atoms with E-state index in [0.29, 0.717) is 25.9 Å². The first kappa shape index (κ1) is 24.0. The van der Waals surface area contributed by atoms with Gasteiger partial charge in [0, 0.05) is 44.7 Å². The minimum Gasteiger partial charge on any atom is -0.346 e. The molecule has 30 heavy (non-hydrogen) atoms. The summed E-state index contributed by atoms with van der Waals surface area (Å²) in [7, 11) is -2.29. The van der Waals surface area contributed by atoms with Crippen molar-refractivity contribution in [1.82, 2.24) is 14.5 Å². The quantitative estimate of drug-likeness (QED) is 0.599.